The fraction of sp³-hybridized carbons (Fsp3) is 0.917. The normalized spacial score (nSPS) is 10.9. The zero-order chi connectivity index (χ0) is 21.7. The molecule has 0 aliphatic heterocycles. The summed E-state index contributed by atoms with van der Waals surface area (Å²) in [5.74, 6) is 0.259. The molecular weight excluding hydrogens is 364 g/mol. The second-order valence-corrected chi connectivity index (χ2v) is 8.28. The lowest BCUT2D eigenvalue weighted by Gasteiger charge is -2.18. The minimum Gasteiger partial charge on any atom is -0.380 e. The summed E-state index contributed by atoms with van der Waals surface area (Å²) in [7, 11) is 3.74. The number of ether oxygens (including phenoxy) is 1. The molecule has 0 fully saturated rings. The Bertz CT molecular complexity index is 366. The van der Waals surface area contributed by atoms with Crippen LogP contribution in [0.2, 0.25) is 0 Å². The Morgan fingerprint density at radius 1 is 0.586 bits per heavy atom. The van der Waals surface area contributed by atoms with Gasteiger partial charge in [0, 0.05) is 27.2 Å². The van der Waals surface area contributed by atoms with E-state index in [-0.39, 0.29) is 11.8 Å². The average Bonchev–Trinajstić information content (AvgIpc) is 2.72. The van der Waals surface area contributed by atoms with E-state index in [4.69, 9.17) is 4.74 Å². The molecule has 29 heavy (non-hydrogen) atoms. The number of amides is 2. The lowest BCUT2D eigenvalue weighted by Crippen LogP contribution is -2.29. The number of carbonyl (C=O) groups excluding carboxylic acids is 2. The lowest BCUT2D eigenvalue weighted by atomic mass is 10.1. The van der Waals surface area contributed by atoms with Crippen LogP contribution in [-0.4, -0.2) is 62.0 Å². The molecule has 0 spiro atoms. The van der Waals surface area contributed by atoms with Crippen molar-refractivity contribution in [2.75, 3.05) is 40.4 Å². The minimum atomic E-state index is 0.130. The number of hydrogen-bond donors (Lipinski definition) is 0. The van der Waals surface area contributed by atoms with Crippen LogP contribution in [0.25, 0.3) is 0 Å². The van der Waals surface area contributed by atoms with Crippen LogP contribution in [-0.2, 0) is 14.3 Å². The zero-order valence-corrected chi connectivity index (χ0v) is 19.8. The van der Waals surface area contributed by atoms with Gasteiger partial charge < -0.3 is 14.5 Å². The van der Waals surface area contributed by atoms with Gasteiger partial charge in [-0.05, 0) is 12.8 Å². The third-order valence-corrected chi connectivity index (χ3v) is 5.47. The van der Waals surface area contributed by atoms with Gasteiger partial charge in [0.25, 0.3) is 0 Å². The van der Waals surface area contributed by atoms with Crippen molar-refractivity contribution in [3.63, 3.8) is 0 Å². The molecule has 0 bridgehead atoms. The van der Waals surface area contributed by atoms with E-state index >= 15 is 0 Å². The van der Waals surface area contributed by atoms with Crippen LogP contribution in [0.15, 0.2) is 0 Å². The lowest BCUT2D eigenvalue weighted by molar-refractivity contribution is -0.131. The predicted octanol–water partition coefficient (Wildman–Crippen LogP) is 5.42. The molecule has 0 N–H and O–H groups in total. The zero-order valence-electron chi connectivity index (χ0n) is 19.8. The summed E-state index contributed by atoms with van der Waals surface area (Å²) in [4.78, 5) is 27.8. The van der Waals surface area contributed by atoms with Crippen LogP contribution in [0.5, 0.6) is 0 Å². The SMILES string of the molecule is CCCCCCCCN(C)C(=O)CCOCCC(=O)N(C)CCCCCCCC. The van der Waals surface area contributed by atoms with Gasteiger partial charge in [-0.3, -0.25) is 9.59 Å². The molecule has 0 aliphatic carbocycles. The van der Waals surface area contributed by atoms with E-state index in [0.717, 1.165) is 25.9 Å². The molecule has 0 aromatic heterocycles. The third-order valence-electron chi connectivity index (χ3n) is 5.47. The van der Waals surface area contributed by atoms with Gasteiger partial charge in [-0.25, -0.2) is 0 Å². The highest BCUT2D eigenvalue weighted by Crippen LogP contribution is 2.07. The van der Waals surface area contributed by atoms with Crippen molar-refractivity contribution in [3.8, 4) is 0 Å². The quantitative estimate of drug-likeness (QED) is 0.251. The number of hydrogen-bond acceptors (Lipinski definition) is 3. The second kappa shape index (κ2) is 20.2. The monoisotopic (exact) mass is 412 g/mol. The summed E-state index contributed by atoms with van der Waals surface area (Å²) >= 11 is 0. The predicted molar refractivity (Wildman–Crippen MR) is 122 cm³/mol. The number of rotatable bonds is 20. The van der Waals surface area contributed by atoms with E-state index in [0.29, 0.717) is 26.1 Å². The Balaban J connectivity index is 3.60. The van der Waals surface area contributed by atoms with Crippen molar-refractivity contribution in [1.29, 1.82) is 0 Å². The molecular formula is C24H48N2O3. The van der Waals surface area contributed by atoms with Gasteiger partial charge in [0.2, 0.25) is 11.8 Å². The highest BCUT2D eigenvalue weighted by atomic mass is 16.5. The van der Waals surface area contributed by atoms with Crippen molar-refractivity contribution >= 4 is 11.8 Å². The Hall–Kier alpha value is -1.10. The topological polar surface area (TPSA) is 49.9 Å². The van der Waals surface area contributed by atoms with Crippen LogP contribution >= 0.6 is 0 Å². The molecule has 2 amide bonds. The van der Waals surface area contributed by atoms with Gasteiger partial charge in [-0.2, -0.15) is 0 Å². The first-order chi connectivity index (χ1) is 14.0. The molecule has 5 heteroatoms. The first-order valence-corrected chi connectivity index (χ1v) is 12.1. The number of carbonyl (C=O) groups is 2. The molecule has 0 radical (unpaired) electrons. The molecule has 0 saturated carbocycles. The maximum atomic E-state index is 12.1. The Labute approximate surface area is 180 Å². The molecule has 5 nitrogen and oxygen atoms in total. The largest absolute Gasteiger partial charge is 0.380 e. The van der Waals surface area contributed by atoms with Gasteiger partial charge >= 0.3 is 0 Å². The molecule has 0 unspecified atom stereocenters. The number of unbranched alkanes of at least 4 members (excludes halogenated alkanes) is 10. The van der Waals surface area contributed by atoms with Crippen molar-refractivity contribution < 1.29 is 14.3 Å². The molecule has 0 aromatic rings. The second-order valence-electron chi connectivity index (χ2n) is 8.28. The average molecular weight is 413 g/mol. The fourth-order valence-electron chi connectivity index (χ4n) is 3.31. The van der Waals surface area contributed by atoms with Crippen LogP contribution < -0.4 is 0 Å². The maximum Gasteiger partial charge on any atom is 0.224 e. The molecule has 0 rings (SSSR count). The van der Waals surface area contributed by atoms with Gasteiger partial charge in [0.1, 0.15) is 0 Å². The van der Waals surface area contributed by atoms with E-state index in [9.17, 15) is 9.59 Å². The molecule has 0 aromatic carbocycles. The molecule has 0 saturated heterocycles. The van der Waals surface area contributed by atoms with Crippen LogP contribution in [0.3, 0.4) is 0 Å². The van der Waals surface area contributed by atoms with Crippen molar-refractivity contribution in [1.82, 2.24) is 9.80 Å². The standard InChI is InChI=1S/C24H48N2O3/c1-5-7-9-11-13-15-19-25(3)23(27)17-21-29-22-18-24(28)26(4)20-16-14-12-10-8-6-2/h5-22H2,1-4H3. The number of nitrogens with zero attached hydrogens (tertiary/aromatic N) is 2. The molecule has 0 aliphatic rings. The first kappa shape index (κ1) is 27.9. The Kier molecular flexibility index (Phi) is 19.4. The van der Waals surface area contributed by atoms with Crippen molar-refractivity contribution in [3.05, 3.63) is 0 Å². The smallest absolute Gasteiger partial charge is 0.224 e. The van der Waals surface area contributed by atoms with Gasteiger partial charge in [-0.1, -0.05) is 78.1 Å². The summed E-state index contributed by atoms with van der Waals surface area (Å²) in [6, 6.07) is 0. The van der Waals surface area contributed by atoms with Crippen LogP contribution in [0, 0.1) is 0 Å². The van der Waals surface area contributed by atoms with Gasteiger partial charge in [0.05, 0.1) is 26.1 Å². The minimum absolute atomic E-state index is 0.130. The van der Waals surface area contributed by atoms with Gasteiger partial charge in [0.15, 0.2) is 0 Å². The van der Waals surface area contributed by atoms with E-state index in [2.05, 4.69) is 13.8 Å². The Morgan fingerprint density at radius 2 is 0.931 bits per heavy atom. The van der Waals surface area contributed by atoms with Crippen molar-refractivity contribution in [2.24, 2.45) is 0 Å². The summed E-state index contributed by atoms with van der Waals surface area (Å²) < 4.78 is 5.52. The van der Waals surface area contributed by atoms with Crippen LogP contribution in [0.4, 0.5) is 0 Å². The highest BCUT2D eigenvalue weighted by Gasteiger charge is 2.10. The van der Waals surface area contributed by atoms with E-state index in [1.807, 2.05) is 23.9 Å². The van der Waals surface area contributed by atoms with Crippen molar-refractivity contribution in [2.45, 2.75) is 104 Å². The first-order valence-electron chi connectivity index (χ1n) is 12.1. The maximum absolute atomic E-state index is 12.1. The molecule has 0 heterocycles. The highest BCUT2D eigenvalue weighted by molar-refractivity contribution is 5.76. The summed E-state index contributed by atoms with van der Waals surface area (Å²) in [6.07, 6.45) is 15.6. The van der Waals surface area contributed by atoms with E-state index < -0.39 is 0 Å². The molecule has 172 valence electrons. The third kappa shape index (κ3) is 17.5. The Morgan fingerprint density at radius 3 is 1.31 bits per heavy atom. The van der Waals surface area contributed by atoms with Gasteiger partial charge in [-0.15, -0.1) is 0 Å². The molecule has 0 atom stereocenters. The van der Waals surface area contributed by atoms with E-state index in [1.54, 1.807) is 0 Å². The summed E-state index contributed by atoms with van der Waals surface area (Å²) in [5, 5.41) is 0. The summed E-state index contributed by atoms with van der Waals surface area (Å²) in [5.41, 5.74) is 0. The van der Waals surface area contributed by atoms with E-state index in [1.165, 1.54) is 64.2 Å². The fourth-order valence-corrected chi connectivity index (χ4v) is 3.31. The van der Waals surface area contributed by atoms with Crippen LogP contribution in [0.1, 0.15) is 104 Å². The summed E-state index contributed by atoms with van der Waals surface area (Å²) in [6.45, 7) is 6.89.